The van der Waals surface area contributed by atoms with E-state index in [1.807, 2.05) is 24.3 Å². The molecule has 0 aromatic heterocycles. The smallest absolute Gasteiger partial charge is 0.248 e. The van der Waals surface area contributed by atoms with Crippen molar-refractivity contribution in [3.8, 4) is 0 Å². The van der Waals surface area contributed by atoms with Crippen LogP contribution in [-0.4, -0.2) is 19.6 Å². The Morgan fingerprint density at radius 3 is 2.16 bits per heavy atom. The number of alkyl halides is 2. The highest BCUT2D eigenvalue weighted by Gasteiger charge is 2.43. The number of halogens is 2. The number of methoxy groups -OCH3 is 1. The molecule has 1 aliphatic carbocycles. The van der Waals surface area contributed by atoms with Gasteiger partial charge in [-0.3, -0.25) is 0 Å². The molecule has 1 saturated carbocycles. The van der Waals surface area contributed by atoms with Gasteiger partial charge in [-0.1, -0.05) is 24.3 Å². The van der Waals surface area contributed by atoms with Crippen molar-refractivity contribution >= 4 is 0 Å². The molecule has 1 aliphatic rings. The number of ether oxygens (including phenoxy) is 1. The Morgan fingerprint density at radius 1 is 1.11 bits per heavy atom. The molecule has 19 heavy (non-hydrogen) atoms. The van der Waals surface area contributed by atoms with E-state index in [4.69, 9.17) is 10.5 Å². The summed E-state index contributed by atoms with van der Waals surface area (Å²) in [6, 6.07) is 7.99. The van der Waals surface area contributed by atoms with Crippen molar-refractivity contribution in [2.45, 2.75) is 43.6 Å². The topological polar surface area (TPSA) is 35.2 Å². The molecule has 4 heteroatoms. The van der Waals surface area contributed by atoms with Crippen LogP contribution in [0.4, 0.5) is 8.78 Å². The molecule has 2 rings (SSSR count). The third kappa shape index (κ3) is 3.12. The zero-order chi connectivity index (χ0) is 13.9. The first-order valence-corrected chi connectivity index (χ1v) is 6.68. The van der Waals surface area contributed by atoms with Crippen LogP contribution in [0.1, 0.15) is 36.8 Å². The summed E-state index contributed by atoms with van der Waals surface area (Å²) in [6.07, 6.45) is 0.786. The van der Waals surface area contributed by atoms with E-state index in [-0.39, 0.29) is 18.3 Å². The Balaban J connectivity index is 2.17. The molecule has 0 saturated heterocycles. The van der Waals surface area contributed by atoms with E-state index < -0.39 is 5.92 Å². The molecular formula is C15H21F2NO. The summed E-state index contributed by atoms with van der Waals surface area (Å²) < 4.78 is 31.7. The van der Waals surface area contributed by atoms with Crippen molar-refractivity contribution in [2.24, 2.45) is 5.73 Å². The third-order valence-corrected chi connectivity index (χ3v) is 4.21. The normalized spacial score (nSPS) is 21.3. The SMILES string of the molecule is COCc1ccc(C2(CN)CCC(F)(F)CC2)cc1. The minimum Gasteiger partial charge on any atom is -0.380 e. The fourth-order valence-corrected chi connectivity index (χ4v) is 2.83. The molecule has 0 radical (unpaired) electrons. The van der Waals surface area contributed by atoms with E-state index in [2.05, 4.69) is 0 Å². The van der Waals surface area contributed by atoms with Gasteiger partial charge in [-0.15, -0.1) is 0 Å². The van der Waals surface area contributed by atoms with Crippen molar-refractivity contribution in [3.05, 3.63) is 35.4 Å². The van der Waals surface area contributed by atoms with Gasteiger partial charge in [-0.2, -0.15) is 0 Å². The summed E-state index contributed by atoms with van der Waals surface area (Å²) in [6.45, 7) is 0.987. The molecule has 1 aromatic rings. The van der Waals surface area contributed by atoms with Crippen LogP contribution in [-0.2, 0) is 16.8 Å². The maximum absolute atomic E-state index is 13.3. The second-order valence-electron chi connectivity index (χ2n) is 5.47. The van der Waals surface area contributed by atoms with Crippen LogP contribution >= 0.6 is 0 Å². The van der Waals surface area contributed by atoms with E-state index in [0.29, 0.717) is 26.0 Å². The minimum atomic E-state index is -2.52. The van der Waals surface area contributed by atoms with Gasteiger partial charge >= 0.3 is 0 Å². The molecule has 0 aliphatic heterocycles. The first-order valence-electron chi connectivity index (χ1n) is 6.68. The second kappa shape index (κ2) is 5.55. The van der Waals surface area contributed by atoms with Gasteiger partial charge in [-0.05, 0) is 24.0 Å². The van der Waals surface area contributed by atoms with Crippen LogP contribution in [0.25, 0.3) is 0 Å². The molecule has 1 fully saturated rings. The predicted octanol–water partition coefficient (Wildman–Crippen LogP) is 3.24. The predicted molar refractivity (Wildman–Crippen MR) is 71.3 cm³/mol. The third-order valence-electron chi connectivity index (χ3n) is 4.21. The van der Waals surface area contributed by atoms with Gasteiger partial charge in [0.15, 0.2) is 0 Å². The summed E-state index contributed by atoms with van der Waals surface area (Å²) in [5.74, 6) is -2.52. The summed E-state index contributed by atoms with van der Waals surface area (Å²) in [5, 5.41) is 0. The molecule has 0 atom stereocenters. The Bertz CT molecular complexity index is 407. The molecule has 0 amide bonds. The fraction of sp³-hybridized carbons (Fsp3) is 0.600. The highest BCUT2D eigenvalue weighted by molar-refractivity contribution is 5.30. The molecule has 106 valence electrons. The highest BCUT2D eigenvalue weighted by atomic mass is 19.3. The monoisotopic (exact) mass is 269 g/mol. The molecular weight excluding hydrogens is 248 g/mol. The van der Waals surface area contributed by atoms with Crippen molar-refractivity contribution in [1.82, 2.24) is 0 Å². The molecule has 1 aromatic carbocycles. The number of rotatable bonds is 4. The average molecular weight is 269 g/mol. The zero-order valence-corrected chi connectivity index (χ0v) is 11.3. The lowest BCUT2D eigenvalue weighted by Gasteiger charge is -2.39. The van der Waals surface area contributed by atoms with Crippen molar-refractivity contribution in [1.29, 1.82) is 0 Å². The Labute approximate surface area is 112 Å². The van der Waals surface area contributed by atoms with Gasteiger partial charge in [0.2, 0.25) is 5.92 Å². The lowest BCUT2D eigenvalue weighted by Crippen LogP contribution is -2.42. The Morgan fingerprint density at radius 2 is 1.68 bits per heavy atom. The number of hydrogen-bond donors (Lipinski definition) is 1. The first-order chi connectivity index (χ1) is 9.01. The van der Waals surface area contributed by atoms with Gasteiger partial charge in [0, 0.05) is 31.9 Å². The van der Waals surface area contributed by atoms with Crippen LogP contribution in [0.15, 0.2) is 24.3 Å². The van der Waals surface area contributed by atoms with Crippen molar-refractivity contribution < 1.29 is 13.5 Å². The molecule has 0 spiro atoms. The standard InChI is InChI=1S/C15H21F2NO/c1-19-10-12-2-4-13(5-3-12)14(11-18)6-8-15(16,17)9-7-14/h2-5H,6-11,18H2,1H3. The molecule has 2 N–H and O–H groups in total. The average Bonchev–Trinajstić information content (AvgIpc) is 2.41. The number of hydrogen-bond acceptors (Lipinski definition) is 2. The van der Waals surface area contributed by atoms with E-state index in [1.165, 1.54) is 0 Å². The molecule has 0 unspecified atom stereocenters. The summed E-state index contributed by atoms with van der Waals surface area (Å²) >= 11 is 0. The van der Waals surface area contributed by atoms with Crippen LogP contribution < -0.4 is 5.73 Å². The zero-order valence-electron chi connectivity index (χ0n) is 11.3. The molecule has 0 heterocycles. The molecule has 0 bridgehead atoms. The van der Waals surface area contributed by atoms with E-state index >= 15 is 0 Å². The van der Waals surface area contributed by atoms with Crippen LogP contribution in [0.2, 0.25) is 0 Å². The lowest BCUT2D eigenvalue weighted by atomic mass is 9.68. The lowest BCUT2D eigenvalue weighted by molar-refractivity contribution is -0.0509. The molecule has 2 nitrogen and oxygen atoms in total. The minimum absolute atomic E-state index is 0.0655. The maximum atomic E-state index is 13.3. The Hall–Kier alpha value is -1.00. The van der Waals surface area contributed by atoms with Crippen LogP contribution in [0, 0.1) is 0 Å². The summed E-state index contributed by atoms with van der Waals surface area (Å²) in [5.41, 5.74) is 7.76. The number of nitrogens with two attached hydrogens (primary N) is 1. The van der Waals surface area contributed by atoms with Gasteiger partial charge in [0.25, 0.3) is 0 Å². The maximum Gasteiger partial charge on any atom is 0.248 e. The van der Waals surface area contributed by atoms with Gasteiger partial charge in [0.1, 0.15) is 0 Å². The van der Waals surface area contributed by atoms with Crippen LogP contribution in [0.5, 0.6) is 0 Å². The van der Waals surface area contributed by atoms with E-state index in [1.54, 1.807) is 7.11 Å². The Kier molecular flexibility index (Phi) is 4.21. The van der Waals surface area contributed by atoms with Gasteiger partial charge < -0.3 is 10.5 Å². The quantitative estimate of drug-likeness (QED) is 0.910. The second-order valence-corrected chi connectivity index (χ2v) is 5.47. The van der Waals surface area contributed by atoms with E-state index in [0.717, 1.165) is 11.1 Å². The van der Waals surface area contributed by atoms with E-state index in [9.17, 15) is 8.78 Å². The van der Waals surface area contributed by atoms with Gasteiger partial charge in [-0.25, -0.2) is 8.78 Å². The largest absolute Gasteiger partial charge is 0.380 e. The van der Waals surface area contributed by atoms with Crippen molar-refractivity contribution in [3.63, 3.8) is 0 Å². The fourth-order valence-electron chi connectivity index (χ4n) is 2.83. The highest BCUT2D eigenvalue weighted by Crippen LogP contribution is 2.44. The number of benzene rings is 1. The van der Waals surface area contributed by atoms with Gasteiger partial charge in [0.05, 0.1) is 6.61 Å². The summed E-state index contributed by atoms with van der Waals surface area (Å²) in [7, 11) is 1.65. The van der Waals surface area contributed by atoms with Crippen LogP contribution in [0.3, 0.4) is 0 Å². The van der Waals surface area contributed by atoms with Crippen molar-refractivity contribution in [2.75, 3.05) is 13.7 Å². The summed E-state index contributed by atoms with van der Waals surface area (Å²) in [4.78, 5) is 0. The first kappa shape index (κ1) is 14.4.